The number of rotatable bonds is 3. The standard InChI is InChI=1S/C19H23N3O2/c1-14-17(18(20-24-14)15-7-3-2-4-8-15)19(23)22-12-9-16(13-22)21-10-5-6-11-21/h2-4,7-8,16H,5-6,9-13H2,1H3. The molecule has 3 heterocycles. The summed E-state index contributed by atoms with van der Waals surface area (Å²) in [7, 11) is 0. The zero-order chi connectivity index (χ0) is 16.5. The van der Waals surface area contributed by atoms with Crippen molar-refractivity contribution in [3.63, 3.8) is 0 Å². The quantitative estimate of drug-likeness (QED) is 0.870. The van der Waals surface area contributed by atoms with Gasteiger partial charge in [-0.05, 0) is 39.3 Å². The number of hydrogen-bond donors (Lipinski definition) is 0. The van der Waals surface area contributed by atoms with Crippen molar-refractivity contribution < 1.29 is 9.32 Å². The molecule has 1 aromatic carbocycles. The van der Waals surface area contributed by atoms with Crippen molar-refractivity contribution in [3.05, 3.63) is 41.7 Å². The van der Waals surface area contributed by atoms with Crippen LogP contribution >= 0.6 is 0 Å². The molecular weight excluding hydrogens is 302 g/mol. The lowest BCUT2D eigenvalue weighted by Gasteiger charge is -2.23. The first-order valence-corrected chi connectivity index (χ1v) is 8.79. The number of aryl methyl sites for hydroxylation is 1. The topological polar surface area (TPSA) is 49.6 Å². The molecule has 1 amide bonds. The Morgan fingerprint density at radius 1 is 1.17 bits per heavy atom. The Morgan fingerprint density at radius 3 is 2.67 bits per heavy atom. The minimum Gasteiger partial charge on any atom is -0.360 e. The van der Waals surface area contributed by atoms with Gasteiger partial charge in [-0.25, -0.2) is 0 Å². The van der Waals surface area contributed by atoms with Crippen LogP contribution in [-0.2, 0) is 0 Å². The van der Waals surface area contributed by atoms with E-state index in [1.807, 2.05) is 42.2 Å². The van der Waals surface area contributed by atoms with Gasteiger partial charge in [0.2, 0.25) is 0 Å². The van der Waals surface area contributed by atoms with Crippen molar-refractivity contribution in [3.8, 4) is 11.3 Å². The van der Waals surface area contributed by atoms with Crippen molar-refractivity contribution >= 4 is 5.91 Å². The van der Waals surface area contributed by atoms with Crippen molar-refractivity contribution in [2.75, 3.05) is 26.2 Å². The van der Waals surface area contributed by atoms with Crippen LogP contribution in [0.25, 0.3) is 11.3 Å². The smallest absolute Gasteiger partial charge is 0.259 e. The van der Waals surface area contributed by atoms with Gasteiger partial charge in [0.25, 0.3) is 5.91 Å². The van der Waals surface area contributed by atoms with E-state index in [4.69, 9.17) is 4.52 Å². The molecule has 0 saturated carbocycles. The maximum absolute atomic E-state index is 13.1. The molecule has 0 radical (unpaired) electrons. The Hall–Kier alpha value is -2.14. The van der Waals surface area contributed by atoms with E-state index in [0.717, 1.165) is 25.1 Å². The highest BCUT2D eigenvalue weighted by atomic mass is 16.5. The van der Waals surface area contributed by atoms with E-state index in [-0.39, 0.29) is 5.91 Å². The number of nitrogens with zero attached hydrogens (tertiary/aromatic N) is 3. The van der Waals surface area contributed by atoms with Crippen molar-refractivity contribution in [1.82, 2.24) is 15.0 Å². The summed E-state index contributed by atoms with van der Waals surface area (Å²) in [6, 6.07) is 10.3. The summed E-state index contributed by atoms with van der Waals surface area (Å²) in [5.74, 6) is 0.651. The second kappa shape index (κ2) is 6.40. The first-order valence-electron chi connectivity index (χ1n) is 8.79. The Balaban J connectivity index is 1.56. The molecule has 24 heavy (non-hydrogen) atoms. The molecule has 5 heteroatoms. The van der Waals surface area contributed by atoms with E-state index in [1.165, 1.54) is 25.9 Å². The average Bonchev–Trinajstić information content (AvgIpc) is 3.35. The maximum atomic E-state index is 13.1. The van der Waals surface area contributed by atoms with Gasteiger partial charge in [0, 0.05) is 24.7 Å². The molecule has 1 atom stereocenters. The van der Waals surface area contributed by atoms with Gasteiger partial charge in [0.1, 0.15) is 17.0 Å². The fourth-order valence-corrected chi connectivity index (χ4v) is 3.91. The molecule has 5 nitrogen and oxygen atoms in total. The third-order valence-electron chi connectivity index (χ3n) is 5.23. The highest BCUT2D eigenvalue weighted by Gasteiger charge is 2.34. The molecule has 2 aromatic rings. The fourth-order valence-electron chi connectivity index (χ4n) is 3.91. The summed E-state index contributed by atoms with van der Waals surface area (Å²) < 4.78 is 5.35. The van der Waals surface area contributed by atoms with Crippen molar-refractivity contribution in [2.45, 2.75) is 32.2 Å². The van der Waals surface area contributed by atoms with Gasteiger partial charge in [0.05, 0.1) is 0 Å². The van der Waals surface area contributed by atoms with E-state index < -0.39 is 0 Å². The lowest BCUT2D eigenvalue weighted by molar-refractivity contribution is 0.0779. The Kier molecular flexibility index (Phi) is 4.10. The summed E-state index contributed by atoms with van der Waals surface area (Å²) in [5, 5.41) is 4.14. The molecule has 2 aliphatic heterocycles. The fraction of sp³-hybridized carbons (Fsp3) is 0.474. The van der Waals surface area contributed by atoms with Gasteiger partial charge in [-0.2, -0.15) is 0 Å². The zero-order valence-corrected chi connectivity index (χ0v) is 14.1. The molecule has 2 saturated heterocycles. The second-order valence-corrected chi connectivity index (χ2v) is 6.77. The van der Waals surface area contributed by atoms with Crippen LogP contribution in [0.4, 0.5) is 0 Å². The van der Waals surface area contributed by atoms with Crippen LogP contribution in [0.3, 0.4) is 0 Å². The molecule has 0 aliphatic carbocycles. The minimum absolute atomic E-state index is 0.0503. The Labute approximate surface area is 142 Å². The lowest BCUT2D eigenvalue weighted by atomic mass is 10.1. The molecule has 1 aromatic heterocycles. The van der Waals surface area contributed by atoms with Gasteiger partial charge in [-0.1, -0.05) is 35.5 Å². The molecule has 2 fully saturated rings. The average molecular weight is 325 g/mol. The van der Waals surface area contributed by atoms with Crippen LogP contribution in [0.2, 0.25) is 0 Å². The number of carbonyl (C=O) groups excluding carboxylic acids is 1. The highest BCUT2D eigenvalue weighted by molar-refractivity contribution is 6.00. The molecule has 0 bridgehead atoms. The Morgan fingerprint density at radius 2 is 1.92 bits per heavy atom. The van der Waals surface area contributed by atoms with Crippen LogP contribution in [0.15, 0.2) is 34.9 Å². The van der Waals surface area contributed by atoms with Crippen molar-refractivity contribution in [1.29, 1.82) is 0 Å². The summed E-state index contributed by atoms with van der Waals surface area (Å²) >= 11 is 0. The van der Waals surface area contributed by atoms with Crippen LogP contribution in [0, 0.1) is 6.92 Å². The minimum atomic E-state index is 0.0503. The van der Waals surface area contributed by atoms with Gasteiger partial charge in [-0.3, -0.25) is 9.69 Å². The lowest BCUT2D eigenvalue weighted by Crippen LogP contribution is -2.37. The van der Waals surface area contributed by atoms with Gasteiger partial charge < -0.3 is 9.42 Å². The summed E-state index contributed by atoms with van der Waals surface area (Å²) in [6.07, 6.45) is 3.64. The summed E-state index contributed by atoms with van der Waals surface area (Å²) in [6.45, 7) is 5.81. The molecular formula is C19H23N3O2. The molecule has 0 spiro atoms. The van der Waals surface area contributed by atoms with E-state index in [9.17, 15) is 4.79 Å². The third kappa shape index (κ3) is 2.73. The number of aromatic nitrogens is 1. The highest BCUT2D eigenvalue weighted by Crippen LogP contribution is 2.28. The molecule has 4 rings (SSSR count). The first kappa shape index (κ1) is 15.4. The number of carbonyl (C=O) groups is 1. The molecule has 0 N–H and O–H groups in total. The summed E-state index contributed by atoms with van der Waals surface area (Å²) in [4.78, 5) is 17.6. The van der Waals surface area contributed by atoms with E-state index in [1.54, 1.807) is 0 Å². The third-order valence-corrected chi connectivity index (χ3v) is 5.23. The number of hydrogen-bond acceptors (Lipinski definition) is 4. The maximum Gasteiger partial charge on any atom is 0.259 e. The predicted octanol–water partition coefficient (Wildman–Crippen LogP) is 2.96. The normalized spacial score (nSPS) is 21.5. The van der Waals surface area contributed by atoms with Crippen LogP contribution in [0.1, 0.15) is 35.4 Å². The first-order chi connectivity index (χ1) is 11.7. The number of benzene rings is 1. The SMILES string of the molecule is Cc1onc(-c2ccccc2)c1C(=O)N1CCC(N2CCCC2)C1. The van der Waals surface area contributed by atoms with E-state index in [0.29, 0.717) is 23.1 Å². The largest absolute Gasteiger partial charge is 0.360 e. The second-order valence-electron chi connectivity index (χ2n) is 6.77. The predicted molar refractivity (Wildman–Crippen MR) is 91.8 cm³/mol. The van der Waals surface area contributed by atoms with Crippen molar-refractivity contribution in [2.24, 2.45) is 0 Å². The molecule has 1 unspecified atom stereocenters. The number of amides is 1. The van der Waals surface area contributed by atoms with E-state index in [2.05, 4.69) is 10.1 Å². The number of likely N-dealkylation sites (tertiary alicyclic amines) is 2. The van der Waals surface area contributed by atoms with Crippen LogP contribution in [-0.4, -0.2) is 53.1 Å². The molecule has 126 valence electrons. The summed E-state index contributed by atoms with van der Waals surface area (Å²) in [5.41, 5.74) is 2.19. The van der Waals surface area contributed by atoms with Gasteiger partial charge >= 0.3 is 0 Å². The molecule has 2 aliphatic rings. The van der Waals surface area contributed by atoms with Gasteiger partial charge in [-0.15, -0.1) is 0 Å². The van der Waals surface area contributed by atoms with Gasteiger partial charge in [0.15, 0.2) is 0 Å². The van der Waals surface area contributed by atoms with Crippen LogP contribution in [0.5, 0.6) is 0 Å². The van der Waals surface area contributed by atoms with Crippen LogP contribution < -0.4 is 0 Å². The Bertz CT molecular complexity index is 719. The monoisotopic (exact) mass is 325 g/mol. The zero-order valence-electron chi connectivity index (χ0n) is 14.1. The van der Waals surface area contributed by atoms with E-state index >= 15 is 0 Å².